The predicted molar refractivity (Wildman–Crippen MR) is 79.7 cm³/mol. The Morgan fingerprint density at radius 2 is 1.45 bits per heavy atom. The molecule has 2 N–H and O–H groups in total. The summed E-state index contributed by atoms with van der Waals surface area (Å²) in [6.07, 6.45) is 0.303. The van der Waals surface area contributed by atoms with Gasteiger partial charge in [0.05, 0.1) is 11.4 Å². The SMILES string of the molecule is CC(CC(=NO)c1ccc(-c2ccccc2)cc1)=NO. The van der Waals surface area contributed by atoms with Crippen molar-refractivity contribution in [2.45, 2.75) is 13.3 Å². The van der Waals surface area contributed by atoms with Gasteiger partial charge in [0.15, 0.2) is 0 Å². The highest BCUT2D eigenvalue weighted by molar-refractivity contribution is 6.11. The summed E-state index contributed by atoms with van der Waals surface area (Å²) in [5, 5.41) is 24.1. The third-order valence-electron chi connectivity index (χ3n) is 3.04. The van der Waals surface area contributed by atoms with Gasteiger partial charge in [0.2, 0.25) is 0 Å². The van der Waals surface area contributed by atoms with Crippen LogP contribution in [0.1, 0.15) is 18.9 Å². The zero-order valence-corrected chi connectivity index (χ0v) is 11.2. The lowest BCUT2D eigenvalue weighted by molar-refractivity contribution is 0.315. The molecular formula is C16H16N2O2. The lowest BCUT2D eigenvalue weighted by Gasteiger charge is -2.06. The van der Waals surface area contributed by atoms with Crippen LogP contribution in [0.15, 0.2) is 64.9 Å². The van der Waals surface area contributed by atoms with Crippen LogP contribution in [-0.2, 0) is 0 Å². The second-order valence-corrected chi connectivity index (χ2v) is 4.50. The van der Waals surface area contributed by atoms with E-state index in [4.69, 9.17) is 10.4 Å². The van der Waals surface area contributed by atoms with Crippen LogP contribution in [0.2, 0.25) is 0 Å². The second-order valence-electron chi connectivity index (χ2n) is 4.50. The zero-order chi connectivity index (χ0) is 14.4. The van der Waals surface area contributed by atoms with Crippen LogP contribution < -0.4 is 0 Å². The summed E-state index contributed by atoms with van der Waals surface area (Å²) in [7, 11) is 0. The highest BCUT2D eigenvalue weighted by Crippen LogP contribution is 2.20. The molecule has 0 aliphatic rings. The number of nitrogens with zero attached hydrogens (tertiary/aromatic N) is 2. The van der Waals surface area contributed by atoms with Gasteiger partial charge < -0.3 is 10.4 Å². The lowest BCUT2D eigenvalue weighted by atomic mass is 10.0. The predicted octanol–water partition coefficient (Wildman–Crippen LogP) is 3.77. The van der Waals surface area contributed by atoms with Gasteiger partial charge in [-0.25, -0.2) is 0 Å². The molecule has 0 bridgehead atoms. The van der Waals surface area contributed by atoms with Crippen molar-refractivity contribution in [1.29, 1.82) is 0 Å². The average Bonchev–Trinajstić information content (AvgIpc) is 2.53. The van der Waals surface area contributed by atoms with Gasteiger partial charge in [-0.1, -0.05) is 64.9 Å². The van der Waals surface area contributed by atoms with Crippen molar-refractivity contribution in [3.8, 4) is 11.1 Å². The van der Waals surface area contributed by atoms with Crippen molar-refractivity contribution in [3.63, 3.8) is 0 Å². The van der Waals surface area contributed by atoms with Gasteiger partial charge in [0.1, 0.15) is 0 Å². The number of hydrogen-bond acceptors (Lipinski definition) is 4. The first-order chi connectivity index (χ1) is 9.74. The van der Waals surface area contributed by atoms with Crippen LogP contribution in [0.4, 0.5) is 0 Å². The standard InChI is InChI=1S/C16H16N2O2/c1-12(17-19)11-16(18-20)15-9-7-14(8-10-15)13-5-3-2-4-6-13/h2-10,19-20H,11H2,1H3. The molecule has 0 atom stereocenters. The molecule has 102 valence electrons. The summed E-state index contributed by atoms with van der Waals surface area (Å²) in [6.45, 7) is 1.67. The van der Waals surface area contributed by atoms with E-state index in [2.05, 4.69) is 10.3 Å². The highest BCUT2D eigenvalue weighted by Gasteiger charge is 2.07. The van der Waals surface area contributed by atoms with Crippen molar-refractivity contribution < 1.29 is 10.4 Å². The molecule has 0 aromatic heterocycles. The number of oxime groups is 2. The van der Waals surface area contributed by atoms with E-state index < -0.39 is 0 Å². The van der Waals surface area contributed by atoms with Gasteiger partial charge in [0.25, 0.3) is 0 Å². The first-order valence-electron chi connectivity index (χ1n) is 6.29. The summed E-state index contributed by atoms with van der Waals surface area (Å²) in [5.41, 5.74) is 3.99. The van der Waals surface area contributed by atoms with E-state index in [1.54, 1.807) is 6.92 Å². The fourth-order valence-electron chi connectivity index (χ4n) is 1.96. The van der Waals surface area contributed by atoms with Crippen LogP contribution in [0, 0.1) is 0 Å². The van der Waals surface area contributed by atoms with Crippen LogP contribution in [0.5, 0.6) is 0 Å². The first-order valence-corrected chi connectivity index (χ1v) is 6.29. The molecule has 0 saturated heterocycles. The van der Waals surface area contributed by atoms with E-state index >= 15 is 0 Å². The summed E-state index contributed by atoms with van der Waals surface area (Å²) in [6, 6.07) is 17.8. The van der Waals surface area contributed by atoms with Crippen LogP contribution in [0.3, 0.4) is 0 Å². The maximum absolute atomic E-state index is 9.06. The van der Waals surface area contributed by atoms with Crippen LogP contribution in [0.25, 0.3) is 11.1 Å². The maximum Gasteiger partial charge on any atom is 0.0924 e. The van der Waals surface area contributed by atoms with Gasteiger partial charge in [0, 0.05) is 6.42 Å². The Bertz CT molecular complexity index is 617. The highest BCUT2D eigenvalue weighted by atomic mass is 16.4. The minimum Gasteiger partial charge on any atom is -0.411 e. The summed E-state index contributed by atoms with van der Waals surface area (Å²) >= 11 is 0. The smallest absolute Gasteiger partial charge is 0.0924 e. The molecule has 0 aliphatic carbocycles. The molecule has 4 nitrogen and oxygen atoms in total. The summed E-state index contributed by atoms with van der Waals surface area (Å²) < 4.78 is 0. The average molecular weight is 268 g/mol. The summed E-state index contributed by atoms with van der Waals surface area (Å²) in [5.74, 6) is 0. The van der Waals surface area contributed by atoms with Crippen molar-refractivity contribution in [1.82, 2.24) is 0 Å². The topological polar surface area (TPSA) is 65.2 Å². The molecule has 2 aromatic carbocycles. The van der Waals surface area contributed by atoms with E-state index in [0.717, 1.165) is 16.7 Å². The molecule has 0 unspecified atom stereocenters. The zero-order valence-electron chi connectivity index (χ0n) is 11.2. The summed E-state index contributed by atoms with van der Waals surface area (Å²) in [4.78, 5) is 0. The van der Waals surface area contributed by atoms with Crippen molar-refractivity contribution in [2.24, 2.45) is 10.3 Å². The Kier molecular flexibility index (Phi) is 4.50. The van der Waals surface area contributed by atoms with Gasteiger partial charge >= 0.3 is 0 Å². The monoisotopic (exact) mass is 268 g/mol. The lowest BCUT2D eigenvalue weighted by Crippen LogP contribution is -2.07. The molecule has 0 fully saturated rings. The minimum atomic E-state index is 0.303. The molecule has 0 amide bonds. The second kappa shape index (κ2) is 6.52. The fraction of sp³-hybridized carbons (Fsp3) is 0.125. The third kappa shape index (κ3) is 3.23. The van der Waals surface area contributed by atoms with E-state index in [1.807, 2.05) is 54.6 Å². The Balaban J connectivity index is 2.24. The molecule has 0 heterocycles. The van der Waals surface area contributed by atoms with Gasteiger partial charge in [-0.05, 0) is 23.6 Å². The largest absolute Gasteiger partial charge is 0.411 e. The van der Waals surface area contributed by atoms with Crippen molar-refractivity contribution in [3.05, 3.63) is 60.2 Å². The normalized spacial score (nSPS) is 12.4. The fourth-order valence-corrected chi connectivity index (χ4v) is 1.96. The van der Waals surface area contributed by atoms with E-state index in [9.17, 15) is 0 Å². The third-order valence-corrected chi connectivity index (χ3v) is 3.04. The van der Waals surface area contributed by atoms with Gasteiger partial charge in [-0.3, -0.25) is 0 Å². The molecule has 4 heteroatoms. The Hall–Kier alpha value is -2.62. The number of rotatable bonds is 4. The number of benzene rings is 2. The van der Waals surface area contributed by atoms with Crippen LogP contribution in [-0.4, -0.2) is 21.8 Å². The first kappa shape index (κ1) is 13.8. The molecule has 2 rings (SSSR count). The maximum atomic E-state index is 9.06. The quantitative estimate of drug-likeness (QED) is 0.503. The molecular weight excluding hydrogens is 252 g/mol. The van der Waals surface area contributed by atoms with E-state index in [1.165, 1.54) is 0 Å². The molecule has 0 saturated carbocycles. The molecule has 0 spiro atoms. The van der Waals surface area contributed by atoms with E-state index in [-0.39, 0.29) is 0 Å². The Labute approximate surface area is 117 Å². The van der Waals surface area contributed by atoms with Crippen molar-refractivity contribution >= 4 is 11.4 Å². The van der Waals surface area contributed by atoms with Crippen molar-refractivity contribution in [2.75, 3.05) is 0 Å². The van der Waals surface area contributed by atoms with Gasteiger partial charge in [-0.15, -0.1) is 0 Å². The van der Waals surface area contributed by atoms with Gasteiger partial charge in [-0.2, -0.15) is 0 Å². The Morgan fingerprint density at radius 1 is 0.850 bits per heavy atom. The molecule has 20 heavy (non-hydrogen) atoms. The molecule has 0 aliphatic heterocycles. The molecule has 0 radical (unpaired) electrons. The number of hydrogen-bond donors (Lipinski definition) is 2. The Morgan fingerprint density at radius 3 is 2.00 bits per heavy atom. The molecule has 2 aromatic rings. The van der Waals surface area contributed by atoms with Crippen LogP contribution >= 0.6 is 0 Å². The minimum absolute atomic E-state index is 0.303. The van der Waals surface area contributed by atoms with E-state index in [0.29, 0.717) is 17.8 Å².